The number of fused-ring (bicyclic) bond motifs is 1. The SMILES string of the molecule is C=NN/C=C(\C)c1cn(CCOC)c2cnc(C(C)C)cc12. The van der Waals surface area contributed by atoms with Crippen LogP contribution in [-0.4, -0.2) is 30.0 Å². The number of aromatic nitrogens is 2. The molecule has 0 saturated carbocycles. The number of nitrogens with one attached hydrogen (secondary N) is 1. The molecule has 2 rings (SSSR count). The summed E-state index contributed by atoms with van der Waals surface area (Å²) in [5.41, 5.74) is 7.30. The molecule has 0 bridgehead atoms. The molecular formula is C17H24N4O. The van der Waals surface area contributed by atoms with Crippen molar-refractivity contribution in [1.82, 2.24) is 15.0 Å². The first-order valence-corrected chi connectivity index (χ1v) is 7.44. The second kappa shape index (κ2) is 7.22. The first kappa shape index (κ1) is 16.2. The van der Waals surface area contributed by atoms with E-state index in [0.29, 0.717) is 12.5 Å². The van der Waals surface area contributed by atoms with Crippen LogP contribution in [0.1, 0.15) is 37.9 Å². The molecule has 0 fully saturated rings. The second-order valence-electron chi connectivity index (χ2n) is 5.62. The molecular weight excluding hydrogens is 276 g/mol. The Hall–Kier alpha value is -2.14. The van der Waals surface area contributed by atoms with Gasteiger partial charge in [-0.3, -0.25) is 10.4 Å². The molecule has 0 spiro atoms. The molecule has 0 saturated heterocycles. The number of ether oxygens (including phenoxy) is 1. The van der Waals surface area contributed by atoms with E-state index in [1.807, 2.05) is 12.4 Å². The molecule has 5 heteroatoms. The number of nitrogens with zero attached hydrogens (tertiary/aromatic N) is 3. The minimum Gasteiger partial charge on any atom is -0.383 e. The van der Waals surface area contributed by atoms with Crippen LogP contribution in [-0.2, 0) is 11.3 Å². The maximum Gasteiger partial charge on any atom is 0.0674 e. The van der Waals surface area contributed by atoms with Crippen LogP contribution in [0.2, 0.25) is 0 Å². The van der Waals surface area contributed by atoms with Gasteiger partial charge in [0.25, 0.3) is 0 Å². The van der Waals surface area contributed by atoms with E-state index in [4.69, 9.17) is 4.74 Å². The molecule has 0 atom stereocenters. The van der Waals surface area contributed by atoms with E-state index in [-0.39, 0.29) is 0 Å². The summed E-state index contributed by atoms with van der Waals surface area (Å²) >= 11 is 0. The minimum absolute atomic E-state index is 0.400. The summed E-state index contributed by atoms with van der Waals surface area (Å²) in [5, 5.41) is 4.87. The number of hydrogen-bond acceptors (Lipinski definition) is 4. The summed E-state index contributed by atoms with van der Waals surface area (Å²) in [6.07, 6.45) is 5.96. The summed E-state index contributed by atoms with van der Waals surface area (Å²) in [4.78, 5) is 4.58. The fourth-order valence-electron chi connectivity index (χ4n) is 2.43. The zero-order chi connectivity index (χ0) is 16.1. The molecule has 22 heavy (non-hydrogen) atoms. The average Bonchev–Trinajstić information content (AvgIpc) is 2.88. The van der Waals surface area contributed by atoms with Gasteiger partial charge in [0, 0.05) is 49.4 Å². The van der Waals surface area contributed by atoms with Crippen LogP contribution in [0.5, 0.6) is 0 Å². The summed E-state index contributed by atoms with van der Waals surface area (Å²) in [6, 6.07) is 2.18. The molecule has 5 nitrogen and oxygen atoms in total. The zero-order valence-corrected chi connectivity index (χ0v) is 13.8. The van der Waals surface area contributed by atoms with Gasteiger partial charge in [-0.05, 0) is 24.5 Å². The summed E-state index contributed by atoms with van der Waals surface area (Å²) in [7, 11) is 1.71. The molecule has 2 aromatic heterocycles. The smallest absolute Gasteiger partial charge is 0.0674 e. The number of rotatable bonds is 7. The highest BCUT2D eigenvalue weighted by atomic mass is 16.5. The minimum atomic E-state index is 0.400. The Balaban J connectivity index is 2.56. The van der Waals surface area contributed by atoms with Crippen LogP contribution in [0, 0.1) is 0 Å². The Morgan fingerprint density at radius 3 is 2.95 bits per heavy atom. The lowest BCUT2D eigenvalue weighted by Gasteiger charge is -2.07. The van der Waals surface area contributed by atoms with Gasteiger partial charge in [-0.1, -0.05) is 13.8 Å². The Bertz CT molecular complexity index is 685. The molecule has 0 aliphatic heterocycles. The summed E-state index contributed by atoms with van der Waals surface area (Å²) < 4.78 is 7.38. The topological polar surface area (TPSA) is 51.4 Å². The van der Waals surface area contributed by atoms with Gasteiger partial charge in [-0.2, -0.15) is 5.10 Å². The Morgan fingerprint density at radius 2 is 2.32 bits per heavy atom. The van der Waals surface area contributed by atoms with Crippen molar-refractivity contribution in [2.75, 3.05) is 13.7 Å². The van der Waals surface area contributed by atoms with Crippen LogP contribution < -0.4 is 5.43 Å². The van der Waals surface area contributed by atoms with Crippen molar-refractivity contribution in [1.29, 1.82) is 0 Å². The highest BCUT2D eigenvalue weighted by Gasteiger charge is 2.12. The van der Waals surface area contributed by atoms with Gasteiger partial charge in [0.05, 0.1) is 18.3 Å². The lowest BCUT2D eigenvalue weighted by atomic mass is 10.0. The van der Waals surface area contributed by atoms with Crippen molar-refractivity contribution in [3.05, 3.63) is 35.9 Å². The lowest BCUT2D eigenvalue weighted by Crippen LogP contribution is -2.03. The van der Waals surface area contributed by atoms with E-state index < -0.39 is 0 Å². The highest BCUT2D eigenvalue weighted by molar-refractivity contribution is 5.92. The Kier molecular flexibility index (Phi) is 5.33. The van der Waals surface area contributed by atoms with Gasteiger partial charge in [0.15, 0.2) is 0 Å². The largest absolute Gasteiger partial charge is 0.383 e. The predicted octanol–water partition coefficient (Wildman–Crippen LogP) is 3.37. The van der Waals surface area contributed by atoms with E-state index in [9.17, 15) is 0 Å². The molecule has 118 valence electrons. The summed E-state index contributed by atoms with van der Waals surface area (Å²) in [6.45, 7) is 11.3. The van der Waals surface area contributed by atoms with Crippen molar-refractivity contribution < 1.29 is 4.74 Å². The van der Waals surface area contributed by atoms with Crippen LogP contribution in [0.4, 0.5) is 0 Å². The van der Waals surface area contributed by atoms with Crippen LogP contribution in [0.3, 0.4) is 0 Å². The van der Waals surface area contributed by atoms with E-state index in [0.717, 1.165) is 23.3 Å². The van der Waals surface area contributed by atoms with Gasteiger partial charge in [0.1, 0.15) is 0 Å². The zero-order valence-electron chi connectivity index (χ0n) is 13.8. The van der Waals surface area contributed by atoms with Crippen molar-refractivity contribution in [3.63, 3.8) is 0 Å². The highest BCUT2D eigenvalue weighted by Crippen LogP contribution is 2.28. The van der Waals surface area contributed by atoms with Crippen LogP contribution >= 0.6 is 0 Å². The van der Waals surface area contributed by atoms with E-state index >= 15 is 0 Å². The fraction of sp³-hybridized carbons (Fsp3) is 0.412. The van der Waals surface area contributed by atoms with Crippen LogP contribution in [0.15, 0.2) is 29.8 Å². The molecule has 1 N–H and O–H groups in total. The summed E-state index contributed by atoms with van der Waals surface area (Å²) in [5.74, 6) is 0.400. The lowest BCUT2D eigenvalue weighted by molar-refractivity contribution is 0.188. The van der Waals surface area contributed by atoms with Gasteiger partial charge in [-0.25, -0.2) is 0 Å². The number of hydrogen-bond donors (Lipinski definition) is 1. The van der Waals surface area contributed by atoms with E-state index in [1.165, 1.54) is 10.9 Å². The standard InChI is InChI=1S/C17H24N4O/c1-12(2)16-8-14-15(13(3)9-20-18-4)11-21(6-7-22-5)17(14)10-19-16/h8-12,20H,4,6-7H2,1-3,5H3/b13-9+. The molecule has 0 amide bonds. The predicted molar refractivity (Wildman–Crippen MR) is 92.0 cm³/mol. The van der Waals surface area contributed by atoms with Crippen molar-refractivity contribution in [3.8, 4) is 0 Å². The van der Waals surface area contributed by atoms with Gasteiger partial charge in [0.2, 0.25) is 0 Å². The fourth-order valence-corrected chi connectivity index (χ4v) is 2.43. The Labute approximate surface area is 131 Å². The molecule has 0 aliphatic carbocycles. The van der Waals surface area contributed by atoms with Gasteiger partial charge < -0.3 is 9.30 Å². The third kappa shape index (κ3) is 3.36. The first-order valence-electron chi connectivity index (χ1n) is 7.44. The van der Waals surface area contributed by atoms with Crippen molar-refractivity contribution >= 4 is 23.2 Å². The maximum atomic E-state index is 5.20. The number of allylic oxidation sites excluding steroid dienone is 1. The van der Waals surface area contributed by atoms with E-state index in [2.05, 4.69) is 59.8 Å². The second-order valence-corrected chi connectivity index (χ2v) is 5.62. The normalized spacial score (nSPS) is 12.1. The quantitative estimate of drug-likeness (QED) is 0.630. The third-order valence-corrected chi connectivity index (χ3v) is 3.71. The van der Waals surface area contributed by atoms with Gasteiger partial charge >= 0.3 is 0 Å². The number of methoxy groups -OCH3 is 1. The molecule has 2 aromatic rings. The molecule has 0 aromatic carbocycles. The van der Waals surface area contributed by atoms with Crippen molar-refractivity contribution in [2.24, 2.45) is 5.10 Å². The van der Waals surface area contributed by atoms with Gasteiger partial charge in [-0.15, -0.1) is 0 Å². The molecule has 2 heterocycles. The monoisotopic (exact) mass is 300 g/mol. The van der Waals surface area contributed by atoms with Crippen molar-refractivity contribution in [2.45, 2.75) is 33.2 Å². The molecule has 0 radical (unpaired) electrons. The Morgan fingerprint density at radius 1 is 1.55 bits per heavy atom. The number of pyridine rings is 1. The number of hydrazone groups is 1. The first-order chi connectivity index (χ1) is 10.6. The van der Waals surface area contributed by atoms with E-state index in [1.54, 1.807) is 7.11 Å². The maximum absolute atomic E-state index is 5.20. The third-order valence-electron chi connectivity index (χ3n) is 3.71. The average molecular weight is 300 g/mol. The van der Waals surface area contributed by atoms with Crippen LogP contribution in [0.25, 0.3) is 16.5 Å². The molecule has 0 unspecified atom stereocenters. The molecule has 0 aliphatic rings.